The zero-order valence-electron chi connectivity index (χ0n) is 26.7. The minimum atomic E-state index is -1.30. The van der Waals surface area contributed by atoms with Crippen LogP contribution in [0, 0.1) is 0 Å². The second-order valence-electron chi connectivity index (χ2n) is 10.4. The van der Waals surface area contributed by atoms with E-state index in [0.717, 1.165) is 59.7 Å². The predicted octanol–water partition coefficient (Wildman–Crippen LogP) is -1.12. The molecule has 0 radical (unpaired) electrons. The number of hydrogen-bond donors (Lipinski definition) is 10. The van der Waals surface area contributed by atoms with E-state index >= 15 is 0 Å². The van der Waals surface area contributed by atoms with Gasteiger partial charge in [0.1, 0.15) is 17.5 Å². The summed E-state index contributed by atoms with van der Waals surface area (Å²) in [4.78, 5) is 54.8. The van der Waals surface area contributed by atoms with Crippen LogP contribution in [0.2, 0.25) is 0 Å². The lowest BCUT2D eigenvalue weighted by atomic mass is 10.1. The smallest absolute Gasteiger partial charge is 0.326 e. The number of nitrogens with zero attached hydrogens (tertiary/aromatic N) is 2. The van der Waals surface area contributed by atoms with Gasteiger partial charge in [-0.05, 0) is 37.7 Å². The first-order chi connectivity index (χ1) is 22.6. The lowest BCUT2D eigenvalue weighted by Gasteiger charge is -2.27. The van der Waals surface area contributed by atoms with Gasteiger partial charge in [0.2, 0.25) is 5.95 Å². The second kappa shape index (κ2) is 21.3. The maximum absolute atomic E-state index is 12.3. The van der Waals surface area contributed by atoms with E-state index < -0.39 is 29.4 Å². The molecule has 0 unspecified atom stereocenters. The van der Waals surface area contributed by atoms with Crippen LogP contribution in [0.4, 0.5) is 23.1 Å². The molecule has 0 bridgehead atoms. The third-order valence-corrected chi connectivity index (χ3v) is 6.84. The molecule has 0 aliphatic carbocycles. The molecule has 2 fully saturated rings. The predicted molar refractivity (Wildman–Crippen MR) is 176 cm³/mol. The van der Waals surface area contributed by atoms with Crippen LogP contribution in [-0.2, 0) is 19.1 Å². The van der Waals surface area contributed by atoms with Crippen LogP contribution >= 0.6 is 0 Å². The number of H-pyrrole nitrogens is 1. The standard InChI is InChI=1S/C19H23N7O6.C5H11NO.C4H9NO.CH4O/c20-19-25-15-14(17(30)26-19)23-11(8-22-15)7-21-10-3-1-9(2-4-10)16(29)24-12(18(31)32)5-6-13(27)28;1-6-2-4-7-5-3-6;1-3-6-4-2-5-1;1-2/h1-4,11-12,21,23H,5-8H2,(H,24,29)(H,27,28)(H,31,32)(H4,20,22,25,26,30);2-5H2,1H3;5H,1-4H2;2H,1H3/t11-,12+;;;/m1.../s1. The van der Waals surface area contributed by atoms with Crippen molar-refractivity contribution in [2.45, 2.75) is 24.9 Å². The van der Waals surface area contributed by atoms with Crippen molar-refractivity contribution in [1.82, 2.24) is 25.5 Å². The fourth-order valence-corrected chi connectivity index (χ4v) is 4.28. The first kappa shape index (κ1) is 38.7. The number of likely N-dealkylation sites (N-methyl/N-ethyl adjacent to an activating group) is 1. The van der Waals surface area contributed by atoms with E-state index in [1.807, 2.05) is 0 Å². The largest absolute Gasteiger partial charge is 0.481 e. The number of rotatable bonds is 9. The Balaban J connectivity index is 0.000000418. The number of aliphatic carboxylic acids is 2. The number of benzene rings is 1. The van der Waals surface area contributed by atoms with Crippen molar-refractivity contribution in [3.05, 3.63) is 40.2 Å². The average Bonchev–Trinajstić information content (AvgIpc) is 3.08. The lowest BCUT2D eigenvalue weighted by Crippen LogP contribution is -2.41. The number of aromatic amines is 1. The van der Waals surface area contributed by atoms with Crippen molar-refractivity contribution in [1.29, 1.82) is 0 Å². The number of fused-ring (bicyclic) bond motifs is 1. The van der Waals surface area contributed by atoms with Gasteiger partial charge in [-0.2, -0.15) is 4.98 Å². The highest BCUT2D eigenvalue weighted by Gasteiger charge is 2.23. The first-order valence-electron chi connectivity index (χ1n) is 15.1. The lowest BCUT2D eigenvalue weighted by molar-refractivity contribution is -0.140. The van der Waals surface area contributed by atoms with Crippen LogP contribution in [0.1, 0.15) is 23.2 Å². The van der Waals surface area contributed by atoms with Crippen molar-refractivity contribution in [2.75, 3.05) is 102 Å². The highest BCUT2D eigenvalue weighted by molar-refractivity contribution is 5.97. The Hall–Kier alpha value is -4.49. The molecule has 18 nitrogen and oxygen atoms in total. The Morgan fingerprint density at radius 2 is 1.70 bits per heavy atom. The number of nitrogens with one attached hydrogen (secondary N) is 6. The number of anilines is 4. The molecule has 3 aliphatic heterocycles. The molecule has 5 rings (SSSR count). The first-order valence-corrected chi connectivity index (χ1v) is 15.1. The molecule has 47 heavy (non-hydrogen) atoms. The number of carboxylic acid groups (broad SMARTS) is 2. The number of aromatic nitrogens is 2. The van der Waals surface area contributed by atoms with Gasteiger partial charge in [-0.25, -0.2) is 4.79 Å². The molecule has 2 aromatic rings. The molecule has 262 valence electrons. The molecule has 18 heteroatoms. The molecule has 2 saturated heterocycles. The van der Waals surface area contributed by atoms with Crippen LogP contribution in [0.25, 0.3) is 0 Å². The minimum Gasteiger partial charge on any atom is -0.481 e. The van der Waals surface area contributed by atoms with E-state index in [2.05, 4.69) is 48.5 Å². The maximum atomic E-state index is 12.3. The summed E-state index contributed by atoms with van der Waals surface area (Å²) >= 11 is 0. The van der Waals surface area contributed by atoms with E-state index in [4.69, 9.17) is 30.5 Å². The zero-order chi connectivity index (χ0) is 34.6. The van der Waals surface area contributed by atoms with Gasteiger partial charge in [-0.3, -0.25) is 14.4 Å². The van der Waals surface area contributed by atoms with Crippen molar-refractivity contribution < 1.29 is 39.2 Å². The van der Waals surface area contributed by atoms with E-state index in [0.29, 0.717) is 30.3 Å². The minimum absolute atomic E-state index is 0.0281. The Kier molecular flexibility index (Phi) is 17.6. The molecule has 2 atom stereocenters. The number of carbonyl (C=O) groups is 3. The number of morpholine rings is 2. The van der Waals surface area contributed by atoms with Gasteiger partial charge in [-0.15, -0.1) is 0 Å². The molecule has 0 saturated carbocycles. The number of carboxylic acids is 2. The van der Waals surface area contributed by atoms with Gasteiger partial charge >= 0.3 is 11.9 Å². The second-order valence-corrected chi connectivity index (χ2v) is 10.4. The molecule has 3 aliphatic rings. The Bertz CT molecular complexity index is 1290. The quantitative estimate of drug-likeness (QED) is 0.152. The molecule has 1 aromatic heterocycles. The fraction of sp³-hybridized carbons (Fsp3) is 0.552. The number of nitrogens with two attached hydrogens (primary N) is 1. The van der Waals surface area contributed by atoms with E-state index in [1.165, 1.54) is 12.1 Å². The summed E-state index contributed by atoms with van der Waals surface area (Å²) in [5.74, 6) is -2.55. The highest BCUT2D eigenvalue weighted by atomic mass is 16.5. The number of amides is 1. The normalized spacial score (nSPS) is 17.5. The van der Waals surface area contributed by atoms with Crippen molar-refractivity contribution in [3.8, 4) is 0 Å². The van der Waals surface area contributed by atoms with Crippen LogP contribution < -0.4 is 37.9 Å². The van der Waals surface area contributed by atoms with Crippen LogP contribution in [0.5, 0.6) is 0 Å². The molecule has 0 spiro atoms. The SMILES string of the molecule is C1COCCN1.CN1CCOCC1.CO.Nc1nc(=O)c2c([nH]1)NC[C@@H](CNc1ccc(C(=O)N[C@@H](CCC(=O)O)C(=O)O)cc1)N2. The maximum Gasteiger partial charge on any atom is 0.326 e. The number of aliphatic hydroxyl groups excluding tert-OH is 1. The van der Waals surface area contributed by atoms with Crippen LogP contribution in [0.15, 0.2) is 29.1 Å². The molecule has 1 aromatic carbocycles. The van der Waals surface area contributed by atoms with E-state index in [1.54, 1.807) is 12.1 Å². The summed E-state index contributed by atoms with van der Waals surface area (Å²) in [5.41, 5.74) is 6.31. The number of aliphatic hydroxyl groups is 1. The van der Waals surface area contributed by atoms with E-state index in [-0.39, 0.29) is 30.4 Å². The zero-order valence-corrected chi connectivity index (χ0v) is 26.7. The number of nitrogen functional groups attached to an aromatic ring is 1. The summed E-state index contributed by atoms with van der Waals surface area (Å²) < 4.78 is 10.1. The highest BCUT2D eigenvalue weighted by Crippen LogP contribution is 2.20. The number of carbonyl (C=O) groups excluding carboxylic acids is 1. The van der Waals surface area contributed by atoms with Gasteiger partial charge in [0.25, 0.3) is 11.5 Å². The van der Waals surface area contributed by atoms with Gasteiger partial charge in [0, 0.05) is 64.0 Å². The fourth-order valence-electron chi connectivity index (χ4n) is 4.28. The average molecular weight is 666 g/mol. The van der Waals surface area contributed by atoms with Gasteiger partial charge < -0.3 is 67.0 Å². The van der Waals surface area contributed by atoms with Gasteiger partial charge in [0.15, 0.2) is 0 Å². The molecule has 1 amide bonds. The van der Waals surface area contributed by atoms with Crippen molar-refractivity contribution >= 4 is 41.0 Å². The Labute approximate surface area is 272 Å². The molecular formula is C29H47N9O9. The molecule has 11 N–H and O–H groups in total. The Morgan fingerprint density at radius 1 is 1.06 bits per heavy atom. The summed E-state index contributed by atoms with van der Waals surface area (Å²) in [6.07, 6.45) is -0.587. The van der Waals surface area contributed by atoms with Crippen LogP contribution in [0.3, 0.4) is 0 Å². The summed E-state index contributed by atoms with van der Waals surface area (Å²) in [7, 11) is 3.11. The van der Waals surface area contributed by atoms with Crippen molar-refractivity contribution in [3.63, 3.8) is 0 Å². The summed E-state index contributed by atoms with van der Waals surface area (Å²) in [6.45, 7) is 8.83. The molecule has 4 heterocycles. The monoisotopic (exact) mass is 665 g/mol. The topological polar surface area (TPSA) is 266 Å². The van der Waals surface area contributed by atoms with Crippen molar-refractivity contribution in [2.24, 2.45) is 0 Å². The van der Waals surface area contributed by atoms with Crippen LogP contribution in [-0.4, -0.2) is 140 Å². The molecular weight excluding hydrogens is 618 g/mol. The third kappa shape index (κ3) is 14.6. The summed E-state index contributed by atoms with van der Waals surface area (Å²) in [5, 5.41) is 39.7. The Morgan fingerprint density at radius 3 is 2.21 bits per heavy atom. The summed E-state index contributed by atoms with van der Waals surface area (Å²) in [6, 6.07) is 4.93. The van der Waals surface area contributed by atoms with Gasteiger partial charge in [-0.1, -0.05) is 0 Å². The number of hydrogen-bond acceptors (Lipinski definition) is 14. The van der Waals surface area contributed by atoms with Gasteiger partial charge in [0.05, 0.1) is 32.5 Å². The number of ether oxygens (including phenoxy) is 2. The third-order valence-electron chi connectivity index (χ3n) is 6.84. The van der Waals surface area contributed by atoms with E-state index in [9.17, 15) is 19.2 Å².